The summed E-state index contributed by atoms with van der Waals surface area (Å²) in [6.07, 6.45) is 7.31. The first kappa shape index (κ1) is 17.0. The lowest BCUT2D eigenvalue weighted by Gasteiger charge is -2.36. The highest BCUT2D eigenvalue weighted by Crippen LogP contribution is 2.37. The third-order valence-corrected chi connectivity index (χ3v) is 5.98. The molecule has 1 unspecified atom stereocenters. The average molecular weight is 347 g/mol. The SMILES string of the molecule is CC1(C(=O)NCCN2CCCC2)COCc2nnc(C3CCCC3)n21. The fourth-order valence-corrected chi connectivity index (χ4v) is 4.51. The molecule has 7 nitrogen and oxygen atoms in total. The van der Waals surface area contributed by atoms with Crippen LogP contribution in [0.5, 0.6) is 0 Å². The van der Waals surface area contributed by atoms with Gasteiger partial charge in [-0.2, -0.15) is 0 Å². The van der Waals surface area contributed by atoms with Gasteiger partial charge in [-0.25, -0.2) is 0 Å². The molecule has 0 bridgehead atoms. The Kier molecular flexibility index (Phi) is 4.78. The van der Waals surface area contributed by atoms with Crippen molar-refractivity contribution < 1.29 is 9.53 Å². The lowest BCUT2D eigenvalue weighted by atomic mass is 9.98. The van der Waals surface area contributed by atoms with Crippen LogP contribution in [0.3, 0.4) is 0 Å². The van der Waals surface area contributed by atoms with Gasteiger partial charge >= 0.3 is 0 Å². The third kappa shape index (κ3) is 3.19. The van der Waals surface area contributed by atoms with Crippen molar-refractivity contribution >= 4 is 5.91 Å². The Balaban J connectivity index is 1.49. The van der Waals surface area contributed by atoms with Gasteiger partial charge in [-0.1, -0.05) is 12.8 Å². The van der Waals surface area contributed by atoms with Crippen LogP contribution in [-0.4, -0.2) is 58.4 Å². The Morgan fingerprint density at radius 3 is 2.76 bits per heavy atom. The van der Waals surface area contributed by atoms with E-state index in [9.17, 15) is 4.79 Å². The molecular weight excluding hydrogens is 318 g/mol. The van der Waals surface area contributed by atoms with E-state index < -0.39 is 5.54 Å². The smallest absolute Gasteiger partial charge is 0.248 e. The number of rotatable bonds is 5. The molecule has 1 amide bonds. The molecule has 2 fully saturated rings. The Morgan fingerprint density at radius 2 is 2.00 bits per heavy atom. The average Bonchev–Trinajstić information content (AvgIpc) is 3.36. The van der Waals surface area contributed by atoms with Gasteiger partial charge in [-0.05, 0) is 45.7 Å². The van der Waals surface area contributed by atoms with E-state index in [4.69, 9.17) is 4.74 Å². The standard InChI is InChI=1S/C18H29N5O2/c1-18(17(24)19-8-11-22-9-4-5-10-22)13-25-12-15-20-21-16(23(15)18)14-6-2-3-7-14/h14H,2-13H2,1H3,(H,19,24). The highest BCUT2D eigenvalue weighted by atomic mass is 16.5. The summed E-state index contributed by atoms with van der Waals surface area (Å²) in [5.74, 6) is 2.21. The maximum absolute atomic E-state index is 13.0. The van der Waals surface area contributed by atoms with E-state index in [1.807, 2.05) is 6.92 Å². The van der Waals surface area contributed by atoms with Crippen LogP contribution >= 0.6 is 0 Å². The summed E-state index contributed by atoms with van der Waals surface area (Å²) >= 11 is 0. The minimum atomic E-state index is -0.750. The zero-order chi connectivity index (χ0) is 17.3. The lowest BCUT2D eigenvalue weighted by molar-refractivity contribution is -0.135. The highest BCUT2D eigenvalue weighted by Gasteiger charge is 2.43. The molecule has 3 heterocycles. The van der Waals surface area contributed by atoms with Gasteiger partial charge in [0.2, 0.25) is 5.91 Å². The molecule has 138 valence electrons. The topological polar surface area (TPSA) is 72.3 Å². The molecule has 1 N–H and O–H groups in total. The number of carbonyl (C=O) groups is 1. The molecule has 0 aromatic carbocycles. The maximum atomic E-state index is 13.0. The largest absolute Gasteiger partial charge is 0.370 e. The van der Waals surface area contributed by atoms with Crippen LogP contribution < -0.4 is 5.32 Å². The van der Waals surface area contributed by atoms with Crippen molar-refractivity contribution in [2.24, 2.45) is 0 Å². The van der Waals surface area contributed by atoms with Gasteiger partial charge in [0.1, 0.15) is 18.0 Å². The molecule has 25 heavy (non-hydrogen) atoms. The van der Waals surface area contributed by atoms with Crippen LogP contribution in [0, 0.1) is 0 Å². The Hall–Kier alpha value is -1.47. The van der Waals surface area contributed by atoms with E-state index in [1.54, 1.807) is 0 Å². The van der Waals surface area contributed by atoms with Gasteiger partial charge in [-0.3, -0.25) is 9.36 Å². The van der Waals surface area contributed by atoms with Gasteiger partial charge in [0.05, 0.1) is 6.61 Å². The van der Waals surface area contributed by atoms with Crippen LogP contribution in [-0.2, 0) is 21.7 Å². The predicted octanol–water partition coefficient (Wildman–Crippen LogP) is 1.39. The van der Waals surface area contributed by atoms with E-state index in [-0.39, 0.29) is 5.91 Å². The number of hydrogen-bond donors (Lipinski definition) is 1. The molecule has 1 saturated carbocycles. The Bertz CT molecular complexity index is 619. The molecule has 1 aromatic heterocycles. The molecule has 1 aliphatic carbocycles. The van der Waals surface area contributed by atoms with Crippen LogP contribution in [0.1, 0.15) is 63.0 Å². The van der Waals surface area contributed by atoms with Gasteiger partial charge in [-0.15, -0.1) is 10.2 Å². The first-order valence-corrected chi connectivity index (χ1v) is 9.71. The van der Waals surface area contributed by atoms with Crippen LogP contribution in [0.4, 0.5) is 0 Å². The zero-order valence-corrected chi connectivity index (χ0v) is 15.2. The van der Waals surface area contributed by atoms with Crippen molar-refractivity contribution in [3.63, 3.8) is 0 Å². The Labute approximate surface area is 149 Å². The van der Waals surface area contributed by atoms with E-state index in [1.165, 1.54) is 25.7 Å². The number of fused-ring (bicyclic) bond motifs is 1. The molecule has 1 saturated heterocycles. The van der Waals surface area contributed by atoms with Crippen molar-refractivity contribution in [2.75, 3.05) is 32.8 Å². The second kappa shape index (κ2) is 7.03. The van der Waals surface area contributed by atoms with Gasteiger partial charge < -0.3 is 15.0 Å². The summed E-state index contributed by atoms with van der Waals surface area (Å²) in [7, 11) is 0. The fraction of sp³-hybridized carbons (Fsp3) is 0.833. The Morgan fingerprint density at radius 1 is 1.24 bits per heavy atom. The molecule has 1 aromatic rings. The summed E-state index contributed by atoms with van der Waals surface area (Å²) in [6.45, 7) is 6.69. The molecule has 2 aliphatic heterocycles. The third-order valence-electron chi connectivity index (χ3n) is 5.98. The van der Waals surface area contributed by atoms with Crippen molar-refractivity contribution in [3.8, 4) is 0 Å². The highest BCUT2D eigenvalue weighted by molar-refractivity contribution is 5.84. The summed E-state index contributed by atoms with van der Waals surface area (Å²) in [6, 6.07) is 0. The second-order valence-corrected chi connectivity index (χ2v) is 7.86. The summed E-state index contributed by atoms with van der Waals surface area (Å²) in [4.78, 5) is 15.4. The number of nitrogens with one attached hydrogen (secondary N) is 1. The maximum Gasteiger partial charge on any atom is 0.248 e. The predicted molar refractivity (Wildman–Crippen MR) is 93.2 cm³/mol. The monoisotopic (exact) mass is 347 g/mol. The van der Waals surface area contributed by atoms with Crippen LogP contribution in [0.15, 0.2) is 0 Å². The van der Waals surface area contributed by atoms with Crippen molar-refractivity contribution in [1.29, 1.82) is 0 Å². The quantitative estimate of drug-likeness (QED) is 0.871. The number of ether oxygens (including phenoxy) is 1. The van der Waals surface area contributed by atoms with Gasteiger partial charge in [0.15, 0.2) is 5.82 Å². The van der Waals surface area contributed by atoms with E-state index in [0.29, 0.717) is 25.7 Å². The minimum Gasteiger partial charge on any atom is -0.370 e. The summed E-state index contributed by atoms with van der Waals surface area (Å²) in [5.41, 5.74) is -0.750. The first-order valence-electron chi connectivity index (χ1n) is 9.71. The molecule has 7 heteroatoms. The van der Waals surface area contributed by atoms with Gasteiger partial charge in [0.25, 0.3) is 0 Å². The molecule has 0 spiro atoms. The zero-order valence-electron chi connectivity index (χ0n) is 15.2. The second-order valence-electron chi connectivity index (χ2n) is 7.86. The van der Waals surface area contributed by atoms with E-state index >= 15 is 0 Å². The summed E-state index contributed by atoms with van der Waals surface area (Å²) in [5, 5.41) is 11.9. The number of hydrogen-bond acceptors (Lipinski definition) is 5. The number of aromatic nitrogens is 3. The molecular formula is C18H29N5O2. The first-order chi connectivity index (χ1) is 12.2. The van der Waals surface area contributed by atoms with E-state index in [0.717, 1.165) is 44.1 Å². The number of likely N-dealkylation sites (tertiary alicyclic amines) is 1. The van der Waals surface area contributed by atoms with Crippen molar-refractivity contribution in [1.82, 2.24) is 25.0 Å². The minimum absolute atomic E-state index is 0.0201. The number of nitrogens with zero attached hydrogens (tertiary/aromatic N) is 4. The lowest BCUT2D eigenvalue weighted by Crippen LogP contribution is -2.54. The number of amides is 1. The van der Waals surface area contributed by atoms with Crippen molar-refractivity contribution in [2.45, 2.75) is 63.5 Å². The molecule has 1 atom stereocenters. The fourth-order valence-electron chi connectivity index (χ4n) is 4.51. The molecule has 3 aliphatic rings. The molecule has 4 rings (SSSR count). The van der Waals surface area contributed by atoms with Gasteiger partial charge in [0, 0.05) is 19.0 Å². The summed E-state index contributed by atoms with van der Waals surface area (Å²) < 4.78 is 7.77. The normalized spacial score (nSPS) is 27.6. The molecule has 0 radical (unpaired) electrons. The number of carbonyl (C=O) groups excluding carboxylic acids is 1. The van der Waals surface area contributed by atoms with Crippen molar-refractivity contribution in [3.05, 3.63) is 11.6 Å². The van der Waals surface area contributed by atoms with E-state index in [2.05, 4.69) is 25.0 Å². The van der Waals surface area contributed by atoms with Crippen LogP contribution in [0.2, 0.25) is 0 Å². The van der Waals surface area contributed by atoms with Crippen LogP contribution in [0.25, 0.3) is 0 Å².